The zero-order valence-electron chi connectivity index (χ0n) is 17.3. The van der Waals surface area contributed by atoms with E-state index in [1.165, 1.54) is 6.21 Å². The monoisotopic (exact) mass is 394 g/mol. The Morgan fingerprint density at radius 2 is 1.90 bits per heavy atom. The number of hydrogen-bond donors (Lipinski definition) is 3. The predicted molar refractivity (Wildman–Crippen MR) is 118 cm³/mol. The van der Waals surface area contributed by atoms with Gasteiger partial charge in [0.2, 0.25) is 0 Å². The summed E-state index contributed by atoms with van der Waals surface area (Å²) in [7, 11) is 0. The fraction of sp³-hybridized carbons (Fsp3) is 0.333. The molecule has 0 saturated heterocycles. The molecule has 2 aromatic carbocycles. The van der Waals surface area contributed by atoms with Crippen molar-refractivity contribution in [2.24, 2.45) is 11.7 Å². The Kier molecular flexibility index (Phi) is 10.2. The molecule has 0 radical (unpaired) electrons. The number of nitrogens with two attached hydrogens (primary N) is 1. The summed E-state index contributed by atoms with van der Waals surface area (Å²) in [6.07, 6.45) is 6.62. The summed E-state index contributed by atoms with van der Waals surface area (Å²) in [4.78, 5) is 10.8. The number of carbonyl (C=O) groups is 1. The molecule has 0 amide bonds. The van der Waals surface area contributed by atoms with Crippen molar-refractivity contribution < 1.29 is 14.6 Å². The van der Waals surface area contributed by atoms with Crippen LogP contribution in [0.15, 0.2) is 42.5 Å². The maximum Gasteiger partial charge on any atom is 0.304 e. The van der Waals surface area contributed by atoms with Gasteiger partial charge in [0.1, 0.15) is 12.4 Å². The third-order valence-corrected chi connectivity index (χ3v) is 4.27. The number of carboxylic acid groups (broad SMARTS) is 1. The van der Waals surface area contributed by atoms with Gasteiger partial charge in [-0.1, -0.05) is 44.0 Å². The second-order valence-corrected chi connectivity index (χ2v) is 7.13. The van der Waals surface area contributed by atoms with Crippen LogP contribution in [0, 0.1) is 30.6 Å². The number of aliphatic carboxylic acids is 1. The summed E-state index contributed by atoms with van der Waals surface area (Å²) in [6.45, 7) is 7.40. The van der Waals surface area contributed by atoms with Crippen LogP contribution in [-0.4, -0.2) is 23.8 Å². The topological polar surface area (TPSA) is 96.4 Å². The van der Waals surface area contributed by atoms with Gasteiger partial charge >= 0.3 is 5.97 Å². The maximum absolute atomic E-state index is 10.8. The minimum atomic E-state index is -0.917. The molecule has 0 fully saturated rings. The van der Waals surface area contributed by atoms with E-state index in [4.69, 9.17) is 27.4 Å². The van der Waals surface area contributed by atoms with Gasteiger partial charge in [0.05, 0.1) is 12.3 Å². The average Bonchev–Trinajstić information content (AvgIpc) is 2.72. The lowest BCUT2D eigenvalue weighted by molar-refractivity contribution is -0.137. The standard InChI is InChI=1S/C20H19NO3.C4H11N/c1-3-16(11-20(22)23)17-6-8-19(9-7-17)24-13-18-10-15(12-21)5-4-14(18)2;1-4(2)3-5/h1,4-10,12,16,21H,11,13H2,2H3,(H,22,23);4H,3,5H2,1-2H3/t16-;/m0./s1. The zero-order valence-corrected chi connectivity index (χ0v) is 17.3. The second-order valence-electron chi connectivity index (χ2n) is 7.13. The van der Waals surface area contributed by atoms with Gasteiger partial charge in [0.25, 0.3) is 0 Å². The molecule has 1 atom stereocenters. The molecule has 5 nitrogen and oxygen atoms in total. The SMILES string of the molecule is C#C[C@@H](CC(=O)O)c1ccc(OCc2cc(C=N)ccc2C)cc1.CC(C)CN. The van der Waals surface area contributed by atoms with Gasteiger partial charge < -0.3 is 21.0 Å². The van der Waals surface area contributed by atoms with Crippen LogP contribution in [0.1, 0.15) is 48.4 Å². The molecule has 0 heterocycles. The molecule has 0 spiro atoms. The number of rotatable bonds is 8. The fourth-order valence-electron chi connectivity index (χ4n) is 2.34. The largest absolute Gasteiger partial charge is 0.489 e. The van der Waals surface area contributed by atoms with Gasteiger partial charge in [-0.25, -0.2) is 0 Å². The van der Waals surface area contributed by atoms with E-state index < -0.39 is 11.9 Å². The summed E-state index contributed by atoms with van der Waals surface area (Å²) < 4.78 is 5.78. The molecule has 0 saturated carbocycles. The summed E-state index contributed by atoms with van der Waals surface area (Å²) >= 11 is 0. The van der Waals surface area contributed by atoms with Crippen molar-refractivity contribution in [2.45, 2.75) is 39.7 Å². The van der Waals surface area contributed by atoms with Crippen molar-refractivity contribution in [1.29, 1.82) is 5.41 Å². The molecule has 0 unspecified atom stereocenters. The number of carboxylic acids is 1. The molecule has 29 heavy (non-hydrogen) atoms. The highest BCUT2D eigenvalue weighted by molar-refractivity contribution is 5.77. The lowest BCUT2D eigenvalue weighted by Crippen LogP contribution is -2.05. The van der Waals surface area contributed by atoms with Crippen LogP contribution >= 0.6 is 0 Å². The zero-order chi connectivity index (χ0) is 21.8. The van der Waals surface area contributed by atoms with Gasteiger partial charge in [0, 0.05) is 6.21 Å². The smallest absolute Gasteiger partial charge is 0.304 e. The first-order valence-electron chi connectivity index (χ1n) is 9.51. The first kappa shape index (κ1) is 23.9. The Labute approximate surface area is 173 Å². The number of terminal acetylenes is 1. The molecule has 0 aromatic heterocycles. The predicted octanol–water partition coefficient (Wildman–Crippen LogP) is 4.36. The third-order valence-electron chi connectivity index (χ3n) is 4.27. The lowest BCUT2D eigenvalue weighted by Gasteiger charge is -2.12. The van der Waals surface area contributed by atoms with E-state index in [0.717, 1.165) is 28.8 Å². The van der Waals surface area contributed by atoms with Crippen LogP contribution in [0.2, 0.25) is 0 Å². The van der Waals surface area contributed by atoms with E-state index in [1.807, 2.05) is 25.1 Å². The fourth-order valence-corrected chi connectivity index (χ4v) is 2.34. The number of nitrogens with one attached hydrogen (secondary N) is 1. The van der Waals surface area contributed by atoms with Gasteiger partial charge in [-0.15, -0.1) is 6.42 Å². The molecule has 4 N–H and O–H groups in total. The van der Waals surface area contributed by atoms with Gasteiger partial charge in [-0.05, 0) is 59.8 Å². The molecule has 2 aromatic rings. The number of ether oxygens (including phenoxy) is 1. The van der Waals surface area contributed by atoms with Crippen LogP contribution in [0.25, 0.3) is 0 Å². The van der Waals surface area contributed by atoms with Crippen molar-refractivity contribution in [3.8, 4) is 18.1 Å². The molecular weight excluding hydrogens is 364 g/mol. The maximum atomic E-state index is 10.8. The van der Waals surface area contributed by atoms with Gasteiger partial charge in [-0.3, -0.25) is 4.79 Å². The van der Waals surface area contributed by atoms with E-state index >= 15 is 0 Å². The summed E-state index contributed by atoms with van der Waals surface area (Å²) in [5.74, 6) is 2.49. The van der Waals surface area contributed by atoms with Gasteiger partial charge in [-0.2, -0.15) is 0 Å². The average molecular weight is 395 g/mol. The Bertz CT molecular complexity index is 836. The molecule has 0 aliphatic rings. The van der Waals surface area contributed by atoms with Crippen LogP contribution in [0.4, 0.5) is 0 Å². The normalized spacial score (nSPS) is 11.0. The number of hydrogen-bond acceptors (Lipinski definition) is 4. The molecule has 5 heteroatoms. The summed E-state index contributed by atoms with van der Waals surface area (Å²) in [5, 5.41) is 16.2. The van der Waals surface area contributed by atoms with Crippen molar-refractivity contribution in [1.82, 2.24) is 0 Å². The van der Waals surface area contributed by atoms with Gasteiger partial charge in [0.15, 0.2) is 0 Å². The highest BCUT2D eigenvalue weighted by Crippen LogP contribution is 2.23. The minimum Gasteiger partial charge on any atom is -0.489 e. The Morgan fingerprint density at radius 3 is 2.38 bits per heavy atom. The lowest BCUT2D eigenvalue weighted by atomic mass is 9.97. The van der Waals surface area contributed by atoms with E-state index in [0.29, 0.717) is 18.3 Å². The molecule has 0 aliphatic heterocycles. The Hall–Kier alpha value is -3.10. The molecular formula is C24H30N2O3. The Balaban J connectivity index is 0.000000749. The van der Waals surface area contributed by atoms with E-state index in [2.05, 4.69) is 19.8 Å². The first-order chi connectivity index (χ1) is 13.8. The third kappa shape index (κ3) is 8.63. The summed E-state index contributed by atoms with van der Waals surface area (Å²) in [6, 6.07) is 13.0. The Morgan fingerprint density at radius 1 is 1.28 bits per heavy atom. The van der Waals surface area contributed by atoms with Crippen LogP contribution in [0.5, 0.6) is 5.75 Å². The highest BCUT2D eigenvalue weighted by atomic mass is 16.5. The van der Waals surface area contributed by atoms with Crippen molar-refractivity contribution >= 4 is 12.2 Å². The summed E-state index contributed by atoms with van der Waals surface area (Å²) in [5.41, 5.74) is 8.91. The number of aryl methyl sites for hydroxylation is 1. The van der Waals surface area contributed by atoms with Crippen molar-refractivity contribution in [3.63, 3.8) is 0 Å². The molecule has 0 aliphatic carbocycles. The molecule has 0 bridgehead atoms. The first-order valence-corrected chi connectivity index (χ1v) is 9.51. The number of benzene rings is 2. The minimum absolute atomic E-state index is 0.0910. The quantitative estimate of drug-likeness (QED) is 0.458. The molecule has 154 valence electrons. The molecule has 2 rings (SSSR count). The van der Waals surface area contributed by atoms with Crippen LogP contribution in [0.3, 0.4) is 0 Å². The van der Waals surface area contributed by atoms with Crippen molar-refractivity contribution in [2.75, 3.05) is 6.54 Å². The van der Waals surface area contributed by atoms with Crippen LogP contribution < -0.4 is 10.5 Å². The highest BCUT2D eigenvalue weighted by Gasteiger charge is 2.12. The van der Waals surface area contributed by atoms with Crippen molar-refractivity contribution in [3.05, 3.63) is 64.7 Å². The van der Waals surface area contributed by atoms with E-state index in [9.17, 15) is 4.79 Å². The van der Waals surface area contributed by atoms with E-state index in [-0.39, 0.29) is 6.42 Å². The van der Waals surface area contributed by atoms with E-state index in [1.54, 1.807) is 24.3 Å². The van der Waals surface area contributed by atoms with Crippen LogP contribution in [-0.2, 0) is 11.4 Å². The second kappa shape index (κ2) is 12.4.